The number of primary amides is 1. The topological polar surface area (TPSA) is 212 Å². The van der Waals surface area contributed by atoms with Crippen molar-refractivity contribution >= 4 is 35.9 Å². The Morgan fingerprint density at radius 1 is 0.636 bits per heavy atom. The highest BCUT2D eigenvalue weighted by molar-refractivity contribution is 5.69. The molecule has 2 heterocycles. The molecule has 2 saturated heterocycles. The molecule has 1 amide bonds. The molecule has 0 spiro atoms. The molecule has 0 aromatic carbocycles. The van der Waals surface area contributed by atoms with Crippen molar-refractivity contribution in [2.24, 2.45) is 11.7 Å². The summed E-state index contributed by atoms with van der Waals surface area (Å²) in [5, 5.41) is 0. The van der Waals surface area contributed by atoms with Gasteiger partial charge < -0.3 is 48.4 Å². The van der Waals surface area contributed by atoms with Crippen molar-refractivity contribution in [1.29, 1.82) is 0 Å². The lowest BCUT2D eigenvalue weighted by Gasteiger charge is -2.49. The number of carbonyl (C=O) groups is 6. The summed E-state index contributed by atoms with van der Waals surface area (Å²) in [6.07, 6.45) is -10.3. The van der Waals surface area contributed by atoms with Gasteiger partial charge in [-0.2, -0.15) is 0 Å². The Hall–Kier alpha value is -3.50. The standard InChI is InChI=1S/C28H41NO15/c1-12-21(24(40-16(5)33)22(38-14(3)31)19(37-12)10-18-8-7-9-18)43-27-26(44-28(29)35)25(41-17(6)34)23(39-15(4)32)20(42-27)11-36-13(2)30/h12,18-27H,7-11H2,1-6H3,(H2,29,35)/t12?,19-,20+,21+,22+,23+,24+,25-,26-,27+/m0/s1. The summed E-state index contributed by atoms with van der Waals surface area (Å²) in [6.45, 7) is 6.83. The lowest BCUT2D eigenvalue weighted by molar-refractivity contribution is -0.340. The summed E-state index contributed by atoms with van der Waals surface area (Å²) < 4.78 is 50.9. The molecule has 0 aromatic heterocycles. The van der Waals surface area contributed by atoms with Gasteiger partial charge >= 0.3 is 35.9 Å². The minimum Gasteiger partial charge on any atom is -0.463 e. The average Bonchev–Trinajstić information content (AvgIpc) is 2.86. The molecule has 3 rings (SSSR count). The molecule has 1 aliphatic carbocycles. The largest absolute Gasteiger partial charge is 0.463 e. The third kappa shape index (κ3) is 9.50. The third-order valence-electron chi connectivity index (χ3n) is 7.45. The van der Waals surface area contributed by atoms with E-state index >= 15 is 0 Å². The highest BCUT2D eigenvalue weighted by atomic mass is 16.8. The summed E-state index contributed by atoms with van der Waals surface area (Å²) in [4.78, 5) is 72.2. The summed E-state index contributed by atoms with van der Waals surface area (Å²) in [6, 6.07) is 0. The van der Waals surface area contributed by atoms with E-state index in [1.807, 2.05) is 0 Å². The Labute approximate surface area is 254 Å². The highest BCUT2D eigenvalue weighted by Gasteiger charge is 2.56. The summed E-state index contributed by atoms with van der Waals surface area (Å²) in [7, 11) is 0. The fourth-order valence-corrected chi connectivity index (χ4v) is 5.59. The first-order chi connectivity index (χ1) is 20.7. The fourth-order valence-electron chi connectivity index (χ4n) is 5.59. The zero-order valence-corrected chi connectivity index (χ0v) is 25.6. The van der Waals surface area contributed by atoms with E-state index in [2.05, 4.69) is 0 Å². The van der Waals surface area contributed by atoms with Crippen molar-refractivity contribution in [1.82, 2.24) is 0 Å². The smallest absolute Gasteiger partial charge is 0.405 e. The van der Waals surface area contributed by atoms with Crippen molar-refractivity contribution in [3.05, 3.63) is 0 Å². The molecular weight excluding hydrogens is 590 g/mol. The van der Waals surface area contributed by atoms with E-state index in [0.29, 0.717) is 12.3 Å². The molecule has 0 radical (unpaired) electrons. The van der Waals surface area contributed by atoms with E-state index < -0.39 is 104 Å². The first-order valence-electron chi connectivity index (χ1n) is 14.4. The molecule has 44 heavy (non-hydrogen) atoms. The van der Waals surface area contributed by atoms with Crippen LogP contribution in [0.15, 0.2) is 0 Å². The van der Waals surface area contributed by atoms with Gasteiger partial charge in [0.2, 0.25) is 0 Å². The van der Waals surface area contributed by atoms with Crippen LogP contribution in [0.3, 0.4) is 0 Å². The number of amides is 1. The maximum Gasteiger partial charge on any atom is 0.405 e. The maximum atomic E-state index is 12.3. The fraction of sp³-hybridized carbons (Fsp3) is 0.786. The van der Waals surface area contributed by atoms with Crippen LogP contribution in [0.4, 0.5) is 4.79 Å². The van der Waals surface area contributed by atoms with Crippen LogP contribution in [0.1, 0.15) is 67.2 Å². The predicted octanol–water partition coefficient (Wildman–Crippen LogP) is 0.828. The minimum absolute atomic E-state index is 0.334. The van der Waals surface area contributed by atoms with Gasteiger partial charge in [-0.3, -0.25) is 24.0 Å². The second kappa shape index (κ2) is 15.5. The van der Waals surface area contributed by atoms with Gasteiger partial charge in [0.15, 0.2) is 36.8 Å². The van der Waals surface area contributed by atoms with Crippen LogP contribution in [0, 0.1) is 5.92 Å². The second-order valence-corrected chi connectivity index (χ2v) is 11.1. The van der Waals surface area contributed by atoms with E-state index in [0.717, 1.165) is 40.0 Å². The van der Waals surface area contributed by atoms with E-state index in [1.165, 1.54) is 13.8 Å². The Morgan fingerprint density at radius 2 is 1.14 bits per heavy atom. The highest BCUT2D eigenvalue weighted by Crippen LogP contribution is 2.39. The first kappa shape index (κ1) is 35.0. The minimum atomic E-state index is -1.64. The number of esters is 5. The van der Waals surface area contributed by atoms with Gasteiger partial charge in [0.1, 0.15) is 18.8 Å². The Bertz CT molecular complexity index is 1080. The lowest BCUT2D eigenvalue weighted by Crippen LogP contribution is -2.66. The number of hydrogen-bond donors (Lipinski definition) is 1. The monoisotopic (exact) mass is 631 g/mol. The van der Waals surface area contributed by atoms with Crippen LogP contribution in [-0.2, 0) is 66.6 Å². The zero-order chi connectivity index (χ0) is 32.7. The van der Waals surface area contributed by atoms with E-state index in [1.54, 1.807) is 6.92 Å². The Morgan fingerprint density at radius 3 is 1.59 bits per heavy atom. The molecule has 248 valence electrons. The Balaban J connectivity index is 2.02. The van der Waals surface area contributed by atoms with Crippen molar-refractivity contribution in [3.63, 3.8) is 0 Å². The molecule has 1 unspecified atom stereocenters. The third-order valence-corrected chi connectivity index (χ3v) is 7.45. The summed E-state index contributed by atoms with van der Waals surface area (Å²) >= 11 is 0. The number of hydrogen-bond acceptors (Lipinski definition) is 15. The molecule has 3 aliphatic rings. The van der Waals surface area contributed by atoms with Gasteiger partial charge in [-0.1, -0.05) is 19.3 Å². The average molecular weight is 632 g/mol. The van der Waals surface area contributed by atoms with Crippen LogP contribution in [0.25, 0.3) is 0 Å². The maximum absolute atomic E-state index is 12.3. The van der Waals surface area contributed by atoms with Crippen molar-refractivity contribution in [2.45, 2.75) is 128 Å². The van der Waals surface area contributed by atoms with E-state index in [4.69, 9.17) is 48.4 Å². The van der Waals surface area contributed by atoms with Crippen molar-refractivity contribution in [2.75, 3.05) is 6.61 Å². The molecule has 2 aliphatic heterocycles. The van der Waals surface area contributed by atoms with Gasteiger partial charge in [-0.15, -0.1) is 0 Å². The van der Waals surface area contributed by atoms with Crippen LogP contribution in [-0.4, -0.2) is 104 Å². The van der Waals surface area contributed by atoms with Crippen LogP contribution in [0.2, 0.25) is 0 Å². The number of rotatable bonds is 11. The molecule has 3 fully saturated rings. The summed E-state index contributed by atoms with van der Waals surface area (Å²) in [5.41, 5.74) is 5.33. The molecule has 2 N–H and O–H groups in total. The van der Waals surface area contributed by atoms with Crippen LogP contribution in [0.5, 0.6) is 0 Å². The second-order valence-electron chi connectivity index (χ2n) is 11.1. The zero-order valence-electron chi connectivity index (χ0n) is 25.6. The van der Waals surface area contributed by atoms with E-state index in [-0.39, 0.29) is 0 Å². The number of ether oxygens (including phenoxy) is 9. The quantitative estimate of drug-likeness (QED) is 0.247. The molecule has 1 saturated carbocycles. The van der Waals surface area contributed by atoms with Gasteiger partial charge in [-0.25, -0.2) is 4.79 Å². The van der Waals surface area contributed by atoms with Gasteiger partial charge in [0.05, 0.1) is 12.2 Å². The van der Waals surface area contributed by atoms with Crippen LogP contribution < -0.4 is 5.73 Å². The lowest BCUT2D eigenvalue weighted by atomic mass is 9.79. The van der Waals surface area contributed by atoms with Gasteiger partial charge in [0.25, 0.3) is 0 Å². The molecule has 16 heteroatoms. The molecule has 16 nitrogen and oxygen atoms in total. The van der Waals surface area contributed by atoms with E-state index in [9.17, 15) is 28.8 Å². The predicted molar refractivity (Wildman–Crippen MR) is 143 cm³/mol. The number of nitrogens with two attached hydrogens (primary N) is 1. The molecule has 10 atom stereocenters. The van der Waals surface area contributed by atoms with Crippen LogP contribution >= 0.6 is 0 Å². The normalized spacial score (nSPS) is 33.6. The van der Waals surface area contributed by atoms with Gasteiger partial charge in [-0.05, 0) is 19.3 Å². The summed E-state index contributed by atoms with van der Waals surface area (Å²) in [5.74, 6) is -3.37. The molecule has 0 bridgehead atoms. The Kier molecular flexibility index (Phi) is 12.3. The van der Waals surface area contributed by atoms with Crippen molar-refractivity contribution < 1.29 is 71.4 Å². The first-order valence-corrected chi connectivity index (χ1v) is 14.4. The van der Waals surface area contributed by atoms with Crippen molar-refractivity contribution in [3.8, 4) is 0 Å². The SMILES string of the molecule is CC(=O)OC[C@H]1O[C@H](O[C@@H]2C(C)O[C@@H](CC3CCC3)[C@@H](OC(C)=O)[C@@H]2OC(C)=O)[C@@H](OC(N)=O)[C@@H](OC(C)=O)[C@@H]1OC(C)=O. The molecular formula is C28H41NO15. The number of carbonyl (C=O) groups excluding carboxylic acids is 6. The van der Waals surface area contributed by atoms with Gasteiger partial charge in [0, 0.05) is 34.6 Å². The molecule has 0 aromatic rings.